The number of hydrogen-bond acceptors (Lipinski definition) is 5. The SMILES string of the molecule is CS(=O)(=O)Cc1c(C(=O)NN2CCCCC2)nn(-c2ccc(Cl)cc2Cl)c1-c1ccc(Cl)cc1. The smallest absolute Gasteiger partial charge is 0.283 e. The third-order valence-electron chi connectivity index (χ3n) is 5.48. The summed E-state index contributed by atoms with van der Waals surface area (Å²) in [5.74, 6) is -0.849. The first-order valence-electron chi connectivity index (χ1n) is 10.7. The third kappa shape index (κ3) is 5.75. The number of piperidine rings is 1. The van der Waals surface area contributed by atoms with Gasteiger partial charge in [-0.1, -0.05) is 53.4 Å². The van der Waals surface area contributed by atoms with Crippen molar-refractivity contribution in [3.8, 4) is 16.9 Å². The van der Waals surface area contributed by atoms with Crippen LogP contribution >= 0.6 is 34.8 Å². The van der Waals surface area contributed by atoms with E-state index in [-0.39, 0.29) is 17.0 Å². The number of halogens is 3. The number of aromatic nitrogens is 2. The summed E-state index contributed by atoms with van der Waals surface area (Å²) in [7, 11) is -3.52. The van der Waals surface area contributed by atoms with Crippen LogP contribution in [0.4, 0.5) is 0 Å². The minimum absolute atomic E-state index is 0.0203. The molecule has 1 fully saturated rings. The molecule has 11 heteroatoms. The molecule has 2 aromatic carbocycles. The third-order valence-corrected chi connectivity index (χ3v) is 7.08. The molecule has 1 N–H and O–H groups in total. The lowest BCUT2D eigenvalue weighted by atomic mass is 10.1. The van der Waals surface area contributed by atoms with Crippen LogP contribution in [0.2, 0.25) is 15.1 Å². The van der Waals surface area contributed by atoms with E-state index in [1.807, 2.05) is 5.01 Å². The van der Waals surface area contributed by atoms with Crippen LogP contribution in [0.25, 0.3) is 16.9 Å². The van der Waals surface area contributed by atoms with Crippen molar-refractivity contribution in [3.63, 3.8) is 0 Å². The zero-order chi connectivity index (χ0) is 24.5. The van der Waals surface area contributed by atoms with E-state index in [2.05, 4.69) is 10.5 Å². The fourth-order valence-electron chi connectivity index (χ4n) is 3.97. The molecule has 0 atom stereocenters. The first-order valence-corrected chi connectivity index (χ1v) is 13.9. The average molecular weight is 542 g/mol. The number of sulfone groups is 1. The number of amides is 1. The summed E-state index contributed by atoms with van der Waals surface area (Å²) in [6, 6.07) is 11.8. The molecule has 1 aliphatic rings. The van der Waals surface area contributed by atoms with Crippen LogP contribution in [0.1, 0.15) is 35.3 Å². The minimum Gasteiger partial charge on any atom is -0.283 e. The molecule has 1 aromatic heterocycles. The number of carbonyl (C=O) groups is 1. The highest BCUT2D eigenvalue weighted by Gasteiger charge is 2.29. The molecule has 7 nitrogen and oxygen atoms in total. The molecule has 4 rings (SSSR count). The molecule has 180 valence electrons. The van der Waals surface area contributed by atoms with Gasteiger partial charge in [0.25, 0.3) is 5.91 Å². The molecule has 1 aliphatic heterocycles. The maximum Gasteiger partial charge on any atom is 0.286 e. The number of hydrogen-bond donors (Lipinski definition) is 1. The van der Waals surface area contributed by atoms with Gasteiger partial charge in [0.15, 0.2) is 15.5 Å². The number of hydrazine groups is 1. The van der Waals surface area contributed by atoms with Crippen molar-refractivity contribution in [3.05, 3.63) is 68.8 Å². The summed E-state index contributed by atoms with van der Waals surface area (Å²) in [5.41, 5.74) is 4.73. The van der Waals surface area contributed by atoms with Gasteiger partial charge in [0.05, 0.1) is 22.2 Å². The number of nitrogens with one attached hydrogen (secondary N) is 1. The largest absolute Gasteiger partial charge is 0.286 e. The van der Waals surface area contributed by atoms with Crippen molar-refractivity contribution in [2.24, 2.45) is 0 Å². The van der Waals surface area contributed by atoms with Crippen molar-refractivity contribution < 1.29 is 13.2 Å². The molecule has 0 saturated carbocycles. The number of nitrogens with zero attached hydrogens (tertiary/aromatic N) is 3. The van der Waals surface area contributed by atoms with Gasteiger partial charge < -0.3 is 0 Å². The normalized spacial score (nSPS) is 14.8. The molecular formula is C23H23Cl3N4O3S. The molecule has 0 unspecified atom stereocenters. The summed E-state index contributed by atoms with van der Waals surface area (Å²) < 4.78 is 26.3. The highest BCUT2D eigenvalue weighted by Crippen LogP contribution is 2.34. The Morgan fingerprint density at radius 3 is 2.26 bits per heavy atom. The minimum atomic E-state index is -3.52. The predicted molar refractivity (Wildman–Crippen MR) is 135 cm³/mol. The average Bonchev–Trinajstić information content (AvgIpc) is 3.12. The summed E-state index contributed by atoms with van der Waals surface area (Å²) in [6.07, 6.45) is 4.18. The molecule has 0 spiro atoms. The van der Waals surface area contributed by atoms with Crippen molar-refractivity contribution >= 4 is 50.5 Å². The van der Waals surface area contributed by atoms with Crippen LogP contribution < -0.4 is 5.43 Å². The van der Waals surface area contributed by atoms with E-state index in [9.17, 15) is 13.2 Å². The molecule has 1 saturated heterocycles. The number of carbonyl (C=O) groups excluding carboxylic acids is 1. The zero-order valence-corrected chi connectivity index (χ0v) is 21.5. The highest BCUT2D eigenvalue weighted by atomic mass is 35.5. The quantitative estimate of drug-likeness (QED) is 0.465. The summed E-state index contributed by atoms with van der Waals surface area (Å²) >= 11 is 18.7. The van der Waals surface area contributed by atoms with Crippen molar-refractivity contribution in [1.29, 1.82) is 0 Å². The van der Waals surface area contributed by atoms with E-state index in [1.54, 1.807) is 42.5 Å². The number of rotatable bonds is 6. The van der Waals surface area contributed by atoms with Gasteiger partial charge in [0, 0.05) is 40.5 Å². The second kappa shape index (κ2) is 10.3. The topological polar surface area (TPSA) is 84.3 Å². The van der Waals surface area contributed by atoms with Gasteiger partial charge in [0.1, 0.15) is 0 Å². The second-order valence-electron chi connectivity index (χ2n) is 8.25. The Bertz CT molecular complexity index is 1320. The lowest BCUT2D eigenvalue weighted by molar-refractivity contribution is 0.0743. The van der Waals surface area contributed by atoms with Gasteiger partial charge in [-0.2, -0.15) is 5.10 Å². The van der Waals surface area contributed by atoms with Crippen molar-refractivity contribution in [1.82, 2.24) is 20.2 Å². The van der Waals surface area contributed by atoms with E-state index in [1.165, 1.54) is 4.68 Å². The molecule has 0 aliphatic carbocycles. The summed E-state index contributed by atoms with van der Waals surface area (Å²) in [6.45, 7) is 1.45. The van der Waals surface area contributed by atoms with Gasteiger partial charge in [0.2, 0.25) is 0 Å². The van der Waals surface area contributed by atoms with Crippen LogP contribution in [0, 0.1) is 0 Å². The highest BCUT2D eigenvalue weighted by molar-refractivity contribution is 7.89. The fraction of sp³-hybridized carbons (Fsp3) is 0.304. The Morgan fingerprint density at radius 1 is 1.00 bits per heavy atom. The van der Waals surface area contributed by atoms with Crippen molar-refractivity contribution in [2.45, 2.75) is 25.0 Å². The Morgan fingerprint density at radius 2 is 1.65 bits per heavy atom. The van der Waals surface area contributed by atoms with E-state index >= 15 is 0 Å². The lowest BCUT2D eigenvalue weighted by Crippen LogP contribution is -2.45. The Kier molecular flexibility index (Phi) is 7.54. The number of benzene rings is 2. The van der Waals surface area contributed by atoms with Gasteiger partial charge >= 0.3 is 0 Å². The van der Waals surface area contributed by atoms with Crippen LogP contribution in [0.3, 0.4) is 0 Å². The fourth-order valence-corrected chi connectivity index (χ4v) is 5.38. The van der Waals surface area contributed by atoms with Gasteiger partial charge in [-0.15, -0.1) is 0 Å². The van der Waals surface area contributed by atoms with E-state index in [0.717, 1.165) is 38.6 Å². The van der Waals surface area contributed by atoms with Crippen LogP contribution in [-0.4, -0.2) is 48.5 Å². The van der Waals surface area contributed by atoms with Gasteiger partial charge in [-0.25, -0.2) is 18.1 Å². The van der Waals surface area contributed by atoms with E-state index < -0.39 is 15.7 Å². The molecular weight excluding hydrogens is 519 g/mol. The summed E-state index contributed by atoms with van der Waals surface area (Å²) in [5, 5.41) is 7.68. The summed E-state index contributed by atoms with van der Waals surface area (Å²) in [4.78, 5) is 13.3. The molecule has 2 heterocycles. The molecule has 34 heavy (non-hydrogen) atoms. The second-order valence-corrected chi connectivity index (χ2v) is 11.7. The Labute approximate surface area is 213 Å². The first kappa shape index (κ1) is 25.0. The maximum absolute atomic E-state index is 13.3. The molecule has 0 radical (unpaired) electrons. The zero-order valence-electron chi connectivity index (χ0n) is 18.4. The lowest BCUT2D eigenvalue weighted by Gasteiger charge is -2.26. The van der Waals surface area contributed by atoms with Crippen LogP contribution in [0.15, 0.2) is 42.5 Å². The van der Waals surface area contributed by atoms with Crippen LogP contribution in [0.5, 0.6) is 0 Å². The van der Waals surface area contributed by atoms with Gasteiger partial charge in [-0.3, -0.25) is 10.2 Å². The van der Waals surface area contributed by atoms with E-state index in [4.69, 9.17) is 34.8 Å². The standard InChI is InChI=1S/C23H23Cl3N4O3S/c1-34(32,33)14-18-21(23(31)28-29-11-3-2-4-12-29)27-30(20-10-9-17(25)13-19(20)26)22(18)15-5-7-16(24)8-6-15/h5-10,13H,2-4,11-12,14H2,1H3,(H,28,31). The molecule has 0 bridgehead atoms. The Hall–Kier alpha value is -2.10. The van der Waals surface area contributed by atoms with Crippen LogP contribution in [-0.2, 0) is 15.6 Å². The predicted octanol–water partition coefficient (Wildman–Crippen LogP) is 5.17. The van der Waals surface area contributed by atoms with Gasteiger partial charge in [-0.05, 0) is 43.2 Å². The molecule has 1 amide bonds. The van der Waals surface area contributed by atoms with E-state index in [0.29, 0.717) is 32.0 Å². The van der Waals surface area contributed by atoms with Crippen molar-refractivity contribution in [2.75, 3.05) is 19.3 Å². The maximum atomic E-state index is 13.3. The monoisotopic (exact) mass is 540 g/mol. The first-order chi connectivity index (χ1) is 16.1. The Balaban J connectivity index is 1.92. The molecule has 3 aromatic rings.